The summed E-state index contributed by atoms with van der Waals surface area (Å²) in [7, 11) is -6.33. The third kappa shape index (κ3) is 6.44. The maximum absolute atomic E-state index is 12.6. The molecule has 0 aliphatic rings. The zero-order valence-corrected chi connectivity index (χ0v) is 19.0. The van der Waals surface area contributed by atoms with Gasteiger partial charge >= 0.3 is 0 Å². The summed E-state index contributed by atoms with van der Waals surface area (Å²) in [6.45, 7) is -0.267. The van der Waals surface area contributed by atoms with Crippen molar-refractivity contribution in [2.45, 2.75) is 9.79 Å². The predicted molar refractivity (Wildman–Crippen MR) is 122 cm³/mol. The second-order valence-corrected chi connectivity index (χ2v) is 9.93. The van der Waals surface area contributed by atoms with Crippen molar-refractivity contribution in [2.24, 2.45) is 5.14 Å². The summed E-state index contributed by atoms with van der Waals surface area (Å²) in [5.41, 5.74) is 0.536. The molecular weight excluding hydrogens is 470 g/mol. The fourth-order valence-electron chi connectivity index (χ4n) is 2.72. The highest BCUT2D eigenvalue weighted by Gasteiger charge is 2.15. The third-order valence-corrected chi connectivity index (χ3v) is 6.64. The maximum Gasteiger partial charge on any atom is 0.262 e. The van der Waals surface area contributed by atoms with Crippen LogP contribution in [0.25, 0.3) is 0 Å². The number of methoxy groups -OCH3 is 1. The van der Waals surface area contributed by atoms with Crippen LogP contribution in [0.1, 0.15) is 0 Å². The standard InChI is InChI=1S/C21H21N3O7S2/c1-30-19-4-2-3-5-20(19)31-14-21(25)23-15-6-12-18(13-7-15)33(28,29)24-16-8-10-17(11-9-16)32(22,26)27/h2-13,24H,14H2,1H3,(H,23,25)(H2,22,26,27). The van der Waals surface area contributed by atoms with E-state index in [0.717, 1.165) is 0 Å². The van der Waals surface area contributed by atoms with Crippen molar-refractivity contribution in [3.8, 4) is 11.5 Å². The summed E-state index contributed by atoms with van der Waals surface area (Å²) in [5.74, 6) is 0.469. The number of hydrogen-bond donors (Lipinski definition) is 3. The number of amides is 1. The number of anilines is 2. The number of para-hydroxylation sites is 2. The molecule has 0 saturated heterocycles. The number of nitrogens with two attached hydrogens (primary N) is 1. The topological polar surface area (TPSA) is 154 Å². The normalized spacial score (nSPS) is 11.5. The number of hydrogen-bond acceptors (Lipinski definition) is 7. The summed E-state index contributed by atoms with van der Waals surface area (Å²) in [6, 6.07) is 17.3. The number of carbonyl (C=O) groups is 1. The number of rotatable bonds is 9. The lowest BCUT2D eigenvalue weighted by molar-refractivity contribution is -0.118. The molecule has 0 aliphatic heterocycles. The molecule has 0 spiro atoms. The van der Waals surface area contributed by atoms with E-state index in [2.05, 4.69) is 10.0 Å². The lowest BCUT2D eigenvalue weighted by Gasteiger charge is -2.11. The van der Waals surface area contributed by atoms with Crippen molar-refractivity contribution in [1.82, 2.24) is 0 Å². The first kappa shape index (κ1) is 24.0. The smallest absolute Gasteiger partial charge is 0.262 e. The van der Waals surface area contributed by atoms with Gasteiger partial charge in [-0.15, -0.1) is 0 Å². The summed E-state index contributed by atoms with van der Waals surface area (Å²) in [6.07, 6.45) is 0. The Labute approximate surface area is 191 Å². The van der Waals surface area contributed by atoms with Gasteiger partial charge in [0.15, 0.2) is 18.1 Å². The van der Waals surface area contributed by atoms with E-state index in [4.69, 9.17) is 14.6 Å². The Morgan fingerprint density at radius 2 is 1.36 bits per heavy atom. The number of sulfonamides is 2. The Kier molecular flexibility index (Phi) is 7.21. The highest BCUT2D eigenvalue weighted by atomic mass is 32.2. The van der Waals surface area contributed by atoms with E-state index >= 15 is 0 Å². The number of benzene rings is 3. The van der Waals surface area contributed by atoms with E-state index in [9.17, 15) is 21.6 Å². The molecule has 0 bridgehead atoms. The van der Waals surface area contributed by atoms with Crippen LogP contribution in [0.4, 0.5) is 11.4 Å². The van der Waals surface area contributed by atoms with Gasteiger partial charge in [-0.05, 0) is 60.7 Å². The van der Waals surface area contributed by atoms with Crippen LogP contribution in [0.5, 0.6) is 11.5 Å². The Morgan fingerprint density at radius 1 is 0.818 bits per heavy atom. The average Bonchev–Trinajstić information content (AvgIpc) is 2.78. The molecule has 10 nitrogen and oxygen atoms in total. The largest absolute Gasteiger partial charge is 0.493 e. The Hall–Kier alpha value is -3.61. The number of carbonyl (C=O) groups excluding carboxylic acids is 1. The predicted octanol–water partition coefficient (Wildman–Crippen LogP) is 2.16. The molecule has 4 N–H and O–H groups in total. The summed E-state index contributed by atoms with van der Waals surface area (Å²) < 4.78 is 60.7. The Morgan fingerprint density at radius 3 is 1.94 bits per heavy atom. The lowest BCUT2D eigenvalue weighted by atomic mass is 10.3. The first-order chi connectivity index (χ1) is 15.6. The third-order valence-electron chi connectivity index (χ3n) is 4.31. The van der Waals surface area contributed by atoms with Crippen molar-refractivity contribution in [2.75, 3.05) is 23.8 Å². The SMILES string of the molecule is COc1ccccc1OCC(=O)Nc1ccc(S(=O)(=O)Nc2ccc(S(N)(=O)=O)cc2)cc1. The molecule has 0 fully saturated rings. The molecule has 0 radical (unpaired) electrons. The second-order valence-electron chi connectivity index (χ2n) is 6.69. The minimum absolute atomic E-state index is 0.0544. The van der Waals surface area contributed by atoms with Gasteiger partial charge < -0.3 is 14.8 Å². The number of nitrogens with one attached hydrogen (secondary N) is 2. The highest BCUT2D eigenvalue weighted by Crippen LogP contribution is 2.25. The number of primary sulfonamides is 1. The molecule has 0 saturated carbocycles. The van der Waals surface area contributed by atoms with Crippen molar-refractivity contribution in [1.29, 1.82) is 0 Å². The number of ether oxygens (including phenoxy) is 2. The minimum atomic E-state index is -3.94. The second kappa shape index (κ2) is 9.90. The molecule has 0 atom stereocenters. The fraction of sp³-hybridized carbons (Fsp3) is 0.0952. The van der Waals surface area contributed by atoms with Crippen LogP contribution in [0, 0.1) is 0 Å². The van der Waals surface area contributed by atoms with Gasteiger partial charge in [0.2, 0.25) is 10.0 Å². The molecule has 3 aromatic rings. The van der Waals surface area contributed by atoms with E-state index in [1.165, 1.54) is 55.6 Å². The summed E-state index contributed by atoms with van der Waals surface area (Å²) in [5, 5.41) is 7.64. The van der Waals surface area contributed by atoms with Gasteiger partial charge in [0.25, 0.3) is 15.9 Å². The van der Waals surface area contributed by atoms with Crippen molar-refractivity contribution in [3.05, 3.63) is 72.8 Å². The zero-order valence-electron chi connectivity index (χ0n) is 17.4. The molecule has 33 heavy (non-hydrogen) atoms. The minimum Gasteiger partial charge on any atom is -0.493 e. The molecule has 3 aromatic carbocycles. The molecule has 174 valence electrons. The molecule has 0 aromatic heterocycles. The highest BCUT2D eigenvalue weighted by molar-refractivity contribution is 7.92. The fourth-order valence-corrected chi connectivity index (χ4v) is 4.30. The molecule has 12 heteroatoms. The van der Waals surface area contributed by atoms with Crippen LogP contribution < -0.4 is 24.7 Å². The molecule has 0 heterocycles. The zero-order chi connectivity index (χ0) is 24.1. The van der Waals surface area contributed by atoms with E-state index in [0.29, 0.717) is 17.2 Å². The van der Waals surface area contributed by atoms with Crippen LogP contribution in [-0.4, -0.2) is 36.5 Å². The first-order valence-corrected chi connectivity index (χ1v) is 12.4. The van der Waals surface area contributed by atoms with Crippen molar-refractivity contribution in [3.63, 3.8) is 0 Å². The molecule has 0 unspecified atom stereocenters. The quantitative estimate of drug-likeness (QED) is 0.414. The molecule has 1 amide bonds. The van der Waals surface area contributed by atoms with E-state index in [-0.39, 0.29) is 22.1 Å². The Bertz CT molecular complexity index is 1340. The molecule has 3 rings (SSSR count). The van der Waals surface area contributed by atoms with E-state index < -0.39 is 26.0 Å². The summed E-state index contributed by atoms with van der Waals surface area (Å²) >= 11 is 0. The van der Waals surface area contributed by atoms with Gasteiger partial charge in [-0.2, -0.15) is 0 Å². The molecular formula is C21H21N3O7S2. The van der Waals surface area contributed by atoms with Crippen molar-refractivity contribution < 1.29 is 31.1 Å². The van der Waals surface area contributed by atoms with Gasteiger partial charge in [-0.1, -0.05) is 12.1 Å². The maximum atomic E-state index is 12.6. The van der Waals surface area contributed by atoms with E-state index in [1.807, 2.05) is 0 Å². The van der Waals surface area contributed by atoms with Gasteiger partial charge in [0, 0.05) is 11.4 Å². The van der Waals surface area contributed by atoms with E-state index in [1.54, 1.807) is 24.3 Å². The van der Waals surface area contributed by atoms with Crippen LogP contribution in [0.2, 0.25) is 0 Å². The van der Waals surface area contributed by atoms with Crippen LogP contribution >= 0.6 is 0 Å². The Balaban J connectivity index is 1.61. The molecule has 0 aliphatic carbocycles. The van der Waals surface area contributed by atoms with Gasteiger partial charge in [-0.25, -0.2) is 22.0 Å². The van der Waals surface area contributed by atoms with Gasteiger partial charge in [0.05, 0.1) is 16.9 Å². The average molecular weight is 492 g/mol. The van der Waals surface area contributed by atoms with Crippen LogP contribution in [-0.2, 0) is 24.8 Å². The monoisotopic (exact) mass is 491 g/mol. The van der Waals surface area contributed by atoms with Gasteiger partial charge in [0.1, 0.15) is 0 Å². The summed E-state index contributed by atoms with van der Waals surface area (Å²) in [4.78, 5) is 12.0. The van der Waals surface area contributed by atoms with Crippen LogP contribution in [0.15, 0.2) is 82.6 Å². The van der Waals surface area contributed by atoms with Gasteiger partial charge in [-0.3, -0.25) is 9.52 Å². The van der Waals surface area contributed by atoms with Crippen LogP contribution in [0.3, 0.4) is 0 Å². The lowest BCUT2D eigenvalue weighted by Crippen LogP contribution is -2.20. The van der Waals surface area contributed by atoms with Crippen molar-refractivity contribution >= 4 is 37.3 Å². The first-order valence-electron chi connectivity index (χ1n) is 9.40.